The van der Waals surface area contributed by atoms with Gasteiger partial charge in [-0.25, -0.2) is 0 Å². The first-order chi connectivity index (χ1) is 7.84. The Kier molecular flexibility index (Phi) is 2.13. The third-order valence-electron chi connectivity index (χ3n) is 3.01. The van der Waals surface area contributed by atoms with Crippen molar-refractivity contribution in [2.75, 3.05) is 11.9 Å². The zero-order chi connectivity index (χ0) is 11.0. The summed E-state index contributed by atoms with van der Waals surface area (Å²) in [6.45, 7) is 1.08. The maximum atomic E-state index is 4.13. The van der Waals surface area contributed by atoms with E-state index in [-0.39, 0.29) is 0 Å². The minimum atomic E-state index is 0.924. The van der Waals surface area contributed by atoms with Gasteiger partial charge in [-0.1, -0.05) is 0 Å². The number of aromatic nitrogens is 3. The Balaban J connectivity index is 2.06. The van der Waals surface area contributed by atoms with E-state index in [0.717, 1.165) is 24.4 Å². The number of nitrogens with zero attached hydrogens (tertiary/aromatic N) is 3. The Bertz CT molecular complexity index is 515. The molecular formula is C12H14N4. The molecule has 2 aromatic rings. The molecule has 0 spiro atoms. The number of fused-ring (bicyclic) bond motifs is 1. The van der Waals surface area contributed by atoms with Gasteiger partial charge in [0.25, 0.3) is 0 Å². The number of anilines is 1. The molecule has 1 aromatic carbocycles. The van der Waals surface area contributed by atoms with Gasteiger partial charge in [-0.3, -0.25) is 0 Å². The first-order valence-electron chi connectivity index (χ1n) is 5.56. The Morgan fingerprint density at radius 3 is 3.12 bits per heavy atom. The van der Waals surface area contributed by atoms with Gasteiger partial charge in [0, 0.05) is 24.8 Å². The van der Waals surface area contributed by atoms with Crippen molar-refractivity contribution in [3.05, 3.63) is 30.1 Å². The zero-order valence-corrected chi connectivity index (χ0v) is 9.27. The first kappa shape index (κ1) is 9.39. The summed E-state index contributed by atoms with van der Waals surface area (Å²) in [6.07, 6.45) is 4.08. The molecule has 0 saturated carbocycles. The van der Waals surface area contributed by atoms with Crippen LogP contribution in [-0.4, -0.2) is 21.3 Å². The molecule has 0 amide bonds. The lowest BCUT2D eigenvalue weighted by Crippen LogP contribution is -2.11. The molecule has 3 rings (SSSR count). The molecule has 0 fully saturated rings. The van der Waals surface area contributed by atoms with Crippen LogP contribution in [0.1, 0.15) is 12.0 Å². The second-order valence-electron chi connectivity index (χ2n) is 4.17. The minimum Gasteiger partial charge on any atom is -0.385 e. The van der Waals surface area contributed by atoms with Gasteiger partial charge in [0.15, 0.2) is 5.82 Å². The van der Waals surface area contributed by atoms with Crippen LogP contribution < -0.4 is 5.32 Å². The van der Waals surface area contributed by atoms with Crippen LogP contribution >= 0.6 is 0 Å². The van der Waals surface area contributed by atoms with Gasteiger partial charge >= 0.3 is 0 Å². The van der Waals surface area contributed by atoms with E-state index in [2.05, 4.69) is 33.7 Å². The van der Waals surface area contributed by atoms with Crippen LogP contribution in [0, 0.1) is 0 Å². The van der Waals surface area contributed by atoms with Crippen LogP contribution in [0.15, 0.2) is 24.5 Å². The summed E-state index contributed by atoms with van der Waals surface area (Å²) in [5, 5.41) is 11.4. The van der Waals surface area contributed by atoms with Crippen molar-refractivity contribution in [3.8, 4) is 11.4 Å². The molecule has 1 N–H and O–H groups in total. The first-order valence-corrected chi connectivity index (χ1v) is 5.56. The normalized spacial score (nSPS) is 14.3. The Morgan fingerprint density at radius 2 is 2.31 bits per heavy atom. The topological polar surface area (TPSA) is 42.7 Å². The van der Waals surface area contributed by atoms with Crippen LogP contribution in [0.25, 0.3) is 11.4 Å². The average molecular weight is 214 g/mol. The van der Waals surface area contributed by atoms with E-state index < -0.39 is 0 Å². The fourth-order valence-corrected chi connectivity index (χ4v) is 2.16. The molecule has 1 aromatic heterocycles. The quantitative estimate of drug-likeness (QED) is 0.787. The molecule has 0 aliphatic carbocycles. The van der Waals surface area contributed by atoms with Gasteiger partial charge in [-0.05, 0) is 36.6 Å². The largest absolute Gasteiger partial charge is 0.385 e. The highest BCUT2D eigenvalue weighted by atomic mass is 15.2. The van der Waals surface area contributed by atoms with Gasteiger partial charge < -0.3 is 9.88 Å². The lowest BCUT2D eigenvalue weighted by molar-refractivity contribution is 0.829. The highest BCUT2D eigenvalue weighted by molar-refractivity contribution is 5.64. The van der Waals surface area contributed by atoms with E-state index in [1.807, 2.05) is 11.6 Å². The van der Waals surface area contributed by atoms with E-state index in [1.165, 1.54) is 17.7 Å². The Hall–Kier alpha value is -1.84. The van der Waals surface area contributed by atoms with Crippen LogP contribution in [0.3, 0.4) is 0 Å². The molecule has 0 unspecified atom stereocenters. The van der Waals surface area contributed by atoms with E-state index in [9.17, 15) is 0 Å². The molecule has 4 nitrogen and oxygen atoms in total. The van der Waals surface area contributed by atoms with Crippen molar-refractivity contribution in [3.63, 3.8) is 0 Å². The fraction of sp³-hybridized carbons (Fsp3) is 0.333. The molecule has 1 aliphatic heterocycles. The predicted molar refractivity (Wildman–Crippen MR) is 63.2 cm³/mol. The Morgan fingerprint density at radius 1 is 1.38 bits per heavy atom. The summed E-state index contributed by atoms with van der Waals surface area (Å²) in [5.74, 6) is 0.924. The summed E-state index contributed by atoms with van der Waals surface area (Å²) in [5.41, 5.74) is 3.78. The van der Waals surface area contributed by atoms with E-state index in [4.69, 9.17) is 0 Å². The molecule has 0 bridgehead atoms. The third kappa shape index (κ3) is 1.46. The smallest absolute Gasteiger partial charge is 0.163 e. The van der Waals surface area contributed by atoms with Gasteiger partial charge in [0.05, 0.1) is 0 Å². The lowest BCUT2D eigenvalue weighted by atomic mass is 10.0. The number of nitrogens with one attached hydrogen (secondary N) is 1. The molecule has 0 atom stereocenters. The van der Waals surface area contributed by atoms with Crippen LogP contribution in [0.5, 0.6) is 0 Å². The molecule has 2 heterocycles. The van der Waals surface area contributed by atoms with Gasteiger partial charge in [0.1, 0.15) is 6.33 Å². The van der Waals surface area contributed by atoms with Crippen molar-refractivity contribution in [2.45, 2.75) is 12.8 Å². The highest BCUT2D eigenvalue weighted by Crippen LogP contribution is 2.26. The average Bonchev–Trinajstić information content (AvgIpc) is 2.75. The maximum absolute atomic E-state index is 4.13. The maximum Gasteiger partial charge on any atom is 0.163 e. The number of hydrogen-bond acceptors (Lipinski definition) is 3. The molecule has 4 heteroatoms. The number of aryl methyl sites for hydroxylation is 2. The number of rotatable bonds is 1. The minimum absolute atomic E-state index is 0.924. The van der Waals surface area contributed by atoms with Crippen LogP contribution in [0.4, 0.5) is 5.69 Å². The van der Waals surface area contributed by atoms with E-state index in [0.29, 0.717) is 0 Å². The van der Waals surface area contributed by atoms with Crippen LogP contribution in [0.2, 0.25) is 0 Å². The summed E-state index contributed by atoms with van der Waals surface area (Å²) >= 11 is 0. The highest BCUT2D eigenvalue weighted by Gasteiger charge is 2.11. The van der Waals surface area contributed by atoms with Crippen molar-refractivity contribution in [2.24, 2.45) is 7.05 Å². The summed E-state index contributed by atoms with van der Waals surface area (Å²) in [7, 11) is 1.97. The third-order valence-corrected chi connectivity index (χ3v) is 3.01. The molecule has 0 radical (unpaired) electrons. The Labute approximate surface area is 94.3 Å². The molecule has 82 valence electrons. The summed E-state index contributed by atoms with van der Waals surface area (Å²) < 4.78 is 1.94. The second-order valence-corrected chi connectivity index (χ2v) is 4.17. The summed E-state index contributed by atoms with van der Waals surface area (Å²) in [4.78, 5) is 0. The van der Waals surface area contributed by atoms with Crippen molar-refractivity contribution >= 4 is 5.69 Å². The second kappa shape index (κ2) is 3.63. The number of benzene rings is 1. The van der Waals surface area contributed by atoms with Crippen molar-refractivity contribution in [1.82, 2.24) is 14.8 Å². The van der Waals surface area contributed by atoms with Gasteiger partial charge in [-0.2, -0.15) is 0 Å². The van der Waals surface area contributed by atoms with Gasteiger partial charge in [-0.15, -0.1) is 10.2 Å². The van der Waals surface area contributed by atoms with E-state index >= 15 is 0 Å². The predicted octanol–water partition coefficient (Wildman–Crippen LogP) is 1.84. The molecule has 16 heavy (non-hydrogen) atoms. The fourth-order valence-electron chi connectivity index (χ4n) is 2.16. The molecule has 0 saturated heterocycles. The van der Waals surface area contributed by atoms with Gasteiger partial charge in [0.2, 0.25) is 0 Å². The number of hydrogen-bond donors (Lipinski definition) is 1. The molecular weight excluding hydrogens is 200 g/mol. The van der Waals surface area contributed by atoms with Crippen LogP contribution in [-0.2, 0) is 13.5 Å². The SMILES string of the molecule is Cn1cnnc1-c1ccc2c(c1)CCCN2. The van der Waals surface area contributed by atoms with Crippen molar-refractivity contribution in [1.29, 1.82) is 0 Å². The lowest BCUT2D eigenvalue weighted by Gasteiger charge is -2.18. The molecule has 1 aliphatic rings. The monoisotopic (exact) mass is 214 g/mol. The van der Waals surface area contributed by atoms with Crippen molar-refractivity contribution < 1.29 is 0 Å². The van der Waals surface area contributed by atoms with E-state index in [1.54, 1.807) is 6.33 Å². The zero-order valence-electron chi connectivity index (χ0n) is 9.27. The summed E-state index contributed by atoms with van der Waals surface area (Å²) in [6, 6.07) is 6.45. The standard InChI is InChI=1S/C12H14N4/c1-16-8-14-15-12(16)10-4-5-11-9(7-10)3-2-6-13-11/h4-5,7-8,13H,2-3,6H2,1H3.